The van der Waals surface area contributed by atoms with E-state index in [0.717, 1.165) is 27.3 Å². The molecule has 2 aromatic heterocycles. The van der Waals surface area contributed by atoms with Crippen LogP contribution in [0.2, 0.25) is 0 Å². The van der Waals surface area contributed by atoms with Crippen molar-refractivity contribution in [2.75, 3.05) is 0 Å². The fourth-order valence-electron chi connectivity index (χ4n) is 3.44. The predicted octanol–water partition coefficient (Wildman–Crippen LogP) is 5.44. The van der Waals surface area contributed by atoms with Crippen molar-refractivity contribution in [3.63, 3.8) is 0 Å². The third-order valence-electron chi connectivity index (χ3n) is 4.72. The first-order valence-corrected chi connectivity index (χ1v) is 8.82. The van der Waals surface area contributed by atoms with Gasteiger partial charge in [0.05, 0.1) is 6.20 Å². The van der Waals surface area contributed by atoms with E-state index in [1.807, 2.05) is 60.7 Å². The molecule has 0 aliphatic carbocycles. The SMILES string of the molecule is N#Cc1c(Oc2ccccc2)c(-c2ccnc3[nH]ncc23)cc2ccccc12. The van der Waals surface area contributed by atoms with Crippen molar-refractivity contribution in [1.29, 1.82) is 5.26 Å². The van der Waals surface area contributed by atoms with Gasteiger partial charge in [-0.15, -0.1) is 0 Å². The van der Waals surface area contributed by atoms with Crippen LogP contribution < -0.4 is 4.74 Å². The number of hydrogen-bond donors (Lipinski definition) is 1. The Bertz CT molecular complexity index is 1350. The Labute approximate surface area is 160 Å². The lowest BCUT2D eigenvalue weighted by atomic mass is 9.95. The third kappa shape index (κ3) is 2.56. The number of pyridine rings is 1. The Morgan fingerprint density at radius 3 is 2.57 bits per heavy atom. The summed E-state index contributed by atoms with van der Waals surface area (Å²) < 4.78 is 6.25. The maximum absolute atomic E-state index is 9.98. The summed E-state index contributed by atoms with van der Waals surface area (Å²) in [6.45, 7) is 0. The highest BCUT2D eigenvalue weighted by Gasteiger charge is 2.19. The van der Waals surface area contributed by atoms with Gasteiger partial charge in [0.15, 0.2) is 11.4 Å². The summed E-state index contributed by atoms with van der Waals surface area (Å²) in [4.78, 5) is 4.32. The second-order valence-corrected chi connectivity index (χ2v) is 6.37. The first kappa shape index (κ1) is 16.0. The van der Waals surface area contributed by atoms with Gasteiger partial charge in [-0.3, -0.25) is 5.10 Å². The van der Waals surface area contributed by atoms with Crippen LogP contribution >= 0.6 is 0 Å². The Hall–Kier alpha value is -4.17. The monoisotopic (exact) mass is 362 g/mol. The first-order chi connectivity index (χ1) is 13.8. The molecule has 1 N–H and O–H groups in total. The number of para-hydroxylation sites is 1. The molecule has 0 radical (unpaired) electrons. The summed E-state index contributed by atoms with van der Waals surface area (Å²) >= 11 is 0. The largest absolute Gasteiger partial charge is 0.455 e. The fourth-order valence-corrected chi connectivity index (χ4v) is 3.44. The van der Waals surface area contributed by atoms with Crippen LogP contribution in [0.25, 0.3) is 32.9 Å². The second kappa shape index (κ2) is 6.53. The third-order valence-corrected chi connectivity index (χ3v) is 4.72. The molecule has 5 nitrogen and oxygen atoms in total. The Kier molecular flexibility index (Phi) is 3.74. The summed E-state index contributed by atoms with van der Waals surface area (Å²) in [6.07, 6.45) is 3.47. The van der Waals surface area contributed by atoms with Crippen molar-refractivity contribution in [2.45, 2.75) is 0 Å². The molecule has 0 saturated carbocycles. The summed E-state index contributed by atoms with van der Waals surface area (Å²) in [5.41, 5.74) is 2.93. The van der Waals surface area contributed by atoms with Gasteiger partial charge in [-0.25, -0.2) is 4.98 Å². The molecular weight excluding hydrogens is 348 g/mol. The number of nitrogens with zero attached hydrogens (tertiary/aromatic N) is 3. The number of benzene rings is 3. The van der Waals surface area contributed by atoms with E-state index >= 15 is 0 Å². The van der Waals surface area contributed by atoms with Crippen molar-refractivity contribution < 1.29 is 4.74 Å². The zero-order valence-corrected chi connectivity index (χ0v) is 14.8. The zero-order valence-electron chi connectivity index (χ0n) is 14.8. The van der Waals surface area contributed by atoms with E-state index in [1.165, 1.54) is 0 Å². The molecule has 0 saturated heterocycles. The number of H-pyrrole nitrogens is 1. The molecule has 0 bridgehead atoms. The van der Waals surface area contributed by atoms with E-state index in [2.05, 4.69) is 27.3 Å². The fraction of sp³-hybridized carbons (Fsp3) is 0. The minimum atomic E-state index is 0.505. The van der Waals surface area contributed by atoms with Gasteiger partial charge in [0.2, 0.25) is 0 Å². The number of nitrogens with one attached hydrogen (secondary N) is 1. The Morgan fingerprint density at radius 2 is 1.71 bits per heavy atom. The first-order valence-electron chi connectivity index (χ1n) is 8.82. The lowest BCUT2D eigenvalue weighted by Gasteiger charge is -2.16. The number of aromatic nitrogens is 3. The van der Waals surface area contributed by atoms with Gasteiger partial charge >= 0.3 is 0 Å². The maximum atomic E-state index is 9.98. The Morgan fingerprint density at radius 1 is 0.893 bits per heavy atom. The van der Waals surface area contributed by atoms with Gasteiger partial charge in [-0.05, 0) is 35.2 Å². The van der Waals surface area contributed by atoms with Gasteiger partial charge in [-0.1, -0.05) is 42.5 Å². The zero-order chi connectivity index (χ0) is 18.9. The standard InChI is InChI=1S/C23H14N4O/c24-13-20-17-9-5-4-6-15(17)12-19(22(20)28-16-7-2-1-3-8-16)18-10-11-25-23-21(18)14-26-27-23/h1-12,14H,(H,25,26,27). The van der Waals surface area contributed by atoms with Crippen LogP contribution in [-0.4, -0.2) is 15.2 Å². The summed E-state index contributed by atoms with van der Waals surface area (Å²) in [6, 6.07) is 23.6. The predicted molar refractivity (Wildman–Crippen MR) is 108 cm³/mol. The molecule has 132 valence electrons. The van der Waals surface area contributed by atoms with E-state index in [0.29, 0.717) is 22.7 Å². The van der Waals surface area contributed by atoms with E-state index in [1.54, 1.807) is 12.4 Å². The van der Waals surface area contributed by atoms with Crippen LogP contribution in [0.15, 0.2) is 79.1 Å². The normalized spacial score (nSPS) is 10.8. The van der Waals surface area contributed by atoms with Crippen molar-refractivity contribution in [2.24, 2.45) is 0 Å². The lowest BCUT2D eigenvalue weighted by molar-refractivity contribution is 0.484. The molecule has 3 aromatic carbocycles. The summed E-state index contributed by atoms with van der Waals surface area (Å²) in [5.74, 6) is 1.20. The second-order valence-electron chi connectivity index (χ2n) is 6.37. The molecule has 0 atom stereocenters. The van der Waals surface area contributed by atoms with Crippen LogP contribution in [0.5, 0.6) is 11.5 Å². The van der Waals surface area contributed by atoms with Crippen LogP contribution in [-0.2, 0) is 0 Å². The number of fused-ring (bicyclic) bond motifs is 2. The van der Waals surface area contributed by atoms with Crippen molar-refractivity contribution in [1.82, 2.24) is 15.2 Å². The summed E-state index contributed by atoms with van der Waals surface area (Å²) in [7, 11) is 0. The smallest absolute Gasteiger partial charge is 0.155 e. The number of ether oxygens (including phenoxy) is 1. The average Bonchev–Trinajstić information content (AvgIpc) is 3.23. The van der Waals surface area contributed by atoms with Crippen molar-refractivity contribution >= 4 is 21.8 Å². The molecule has 0 spiro atoms. The highest BCUT2D eigenvalue weighted by atomic mass is 16.5. The van der Waals surface area contributed by atoms with Gasteiger partial charge < -0.3 is 4.74 Å². The van der Waals surface area contributed by atoms with Crippen LogP contribution in [0.1, 0.15) is 5.56 Å². The number of nitriles is 1. The van der Waals surface area contributed by atoms with Crippen LogP contribution in [0, 0.1) is 11.3 Å². The van der Waals surface area contributed by atoms with E-state index in [4.69, 9.17) is 4.74 Å². The summed E-state index contributed by atoms with van der Waals surface area (Å²) in [5, 5.41) is 19.7. The molecule has 0 fully saturated rings. The number of hydrogen-bond acceptors (Lipinski definition) is 4. The minimum absolute atomic E-state index is 0.505. The molecule has 2 heterocycles. The maximum Gasteiger partial charge on any atom is 0.155 e. The highest BCUT2D eigenvalue weighted by Crippen LogP contribution is 2.42. The molecule has 5 aromatic rings. The highest BCUT2D eigenvalue weighted by molar-refractivity contribution is 6.01. The molecule has 0 amide bonds. The molecule has 28 heavy (non-hydrogen) atoms. The van der Waals surface area contributed by atoms with Gasteiger partial charge in [0, 0.05) is 22.5 Å². The van der Waals surface area contributed by atoms with E-state index < -0.39 is 0 Å². The molecule has 0 aliphatic rings. The van der Waals surface area contributed by atoms with E-state index in [-0.39, 0.29) is 0 Å². The van der Waals surface area contributed by atoms with Crippen molar-refractivity contribution in [3.05, 3.63) is 84.7 Å². The quantitative estimate of drug-likeness (QED) is 0.463. The van der Waals surface area contributed by atoms with Gasteiger partial charge in [0.25, 0.3) is 0 Å². The molecule has 0 unspecified atom stereocenters. The van der Waals surface area contributed by atoms with Gasteiger partial charge in [-0.2, -0.15) is 10.4 Å². The minimum Gasteiger partial charge on any atom is -0.455 e. The van der Waals surface area contributed by atoms with Gasteiger partial charge in [0.1, 0.15) is 17.4 Å². The molecule has 5 rings (SSSR count). The van der Waals surface area contributed by atoms with E-state index in [9.17, 15) is 5.26 Å². The number of rotatable bonds is 3. The van der Waals surface area contributed by atoms with Crippen LogP contribution in [0.4, 0.5) is 0 Å². The molecular formula is C23H14N4O. The number of aromatic amines is 1. The molecule has 5 heteroatoms. The van der Waals surface area contributed by atoms with Crippen molar-refractivity contribution in [3.8, 4) is 28.7 Å². The Balaban J connectivity index is 1.86. The lowest BCUT2D eigenvalue weighted by Crippen LogP contribution is -1.95. The topological polar surface area (TPSA) is 74.6 Å². The molecule has 0 aliphatic heterocycles. The average molecular weight is 362 g/mol. The van der Waals surface area contributed by atoms with Crippen LogP contribution in [0.3, 0.4) is 0 Å².